The van der Waals surface area contributed by atoms with Gasteiger partial charge >= 0.3 is 0 Å². The third kappa shape index (κ3) is 1.49. The fraction of sp³-hybridized carbons (Fsp3) is 0.364. The van der Waals surface area contributed by atoms with Gasteiger partial charge in [0, 0.05) is 5.56 Å². The molecule has 1 heterocycles. The fourth-order valence-corrected chi connectivity index (χ4v) is 2.70. The Labute approximate surface area is 93.2 Å². The Hall–Kier alpha value is -1.16. The van der Waals surface area contributed by atoms with Gasteiger partial charge < -0.3 is 10.1 Å². The van der Waals surface area contributed by atoms with Crippen molar-refractivity contribution in [3.8, 4) is 5.75 Å². The van der Waals surface area contributed by atoms with Crippen molar-refractivity contribution >= 4 is 23.4 Å². The standard InChI is InChI=1S/C11H13NO2S/c1-6-4-5-7(14-2)9-8(6)10(15-3)11(13)12-9/h4-5,10H,1-3H3,(H,12,13). The van der Waals surface area contributed by atoms with Crippen LogP contribution in [0.25, 0.3) is 0 Å². The molecule has 0 saturated heterocycles. The molecule has 3 nitrogen and oxygen atoms in total. The quantitative estimate of drug-likeness (QED) is 0.836. The molecule has 2 rings (SSSR count). The Morgan fingerprint density at radius 3 is 2.80 bits per heavy atom. The van der Waals surface area contributed by atoms with E-state index in [2.05, 4.69) is 5.32 Å². The highest BCUT2D eigenvalue weighted by Crippen LogP contribution is 2.45. The molecule has 1 atom stereocenters. The van der Waals surface area contributed by atoms with Crippen LogP contribution in [0.2, 0.25) is 0 Å². The monoisotopic (exact) mass is 223 g/mol. The lowest BCUT2D eigenvalue weighted by molar-refractivity contribution is -0.115. The highest BCUT2D eigenvalue weighted by Gasteiger charge is 2.33. The minimum absolute atomic E-state index is 0.0464. The summed E-state index contributed by atoms with van der Waals surface area (Å²) in [6.07, 6.45) is 1.94. The number of ether oxygens (including phenoxy) is 1. The molecule has 0 fully saturated rings. The van der Waals surface area contributed by atoms with E-state index in [1.165, 1.54) is 0 Å². The van der Waals surface area contributed by atoms with Crippen molar-refractivity contribution in [3.05, 3.63) is 23.3 Å². The zero-order valence-corrected chi connectivity index (χ0v) is 9.77. The van der Waals surface area contributed by atoms with E-state index >= 15 is 0 Å². The zero-order valence-electron chi connectivity index (χ0n) is 8.96. The van der Waals surface area contributed by atoms with E-state index in [1.807, 2.05) is 25.3 Å². The number of rotatable bonds is 2. The number of hydrogen-bond acceptors (Lipinski definition) is 3. The number of aryl methyl sites for hydroxylation is 1. The molecule has 80 valence electrons. The van der Waals surface area contributed by atoms with E-state index in [9.17, 15) is 4.79 Å². The highest BCUT2D eigenvalue weighted by atomic mass is 32.2. The number of anilines is 1. The Bertz CT molecular complexity index is 417. The average Bonchev–Trinajstić information content (AvgIpc) is 2.56. The molecule has 0 radical (unpaired) electrons. The Kier molecular flexibility index (Phi) is 2.61. The van der Waals surface area contributed by atoms with Crippen LogP contribution in [0, 0.1) is 6.92 Å². The number of methoxy groups -OCH3 is 1. The van der Waals surface area contributed by atoms with E-state index in [0.29, 0.717) is 0 Å². The van der Waals surface area contributed by atoms with Gasteiger partial charge in [0.05, 0.1) is 12.8 Å². The molecule has 0 bridgehead atoms. The molecule has 0 saturated carbocycles. The van der Waals surface area contributed by atoms with Crippen molar-refractivity contribution in [2.24, 2.45) is 0 Å². The normalized spacial score (nSPS) is 18.6. The second kappa shape index (κ2) is 3.77. The number of amides is 1. The molecule has 1 unspecified atom stereocenters. The van der Waals surface area contributed by atoms with Gasteiger partial charge in [-0.3, -0.25) is 4.79 Å². The van der Waals surface area contributed by atoms with E-state index in [1.54, 1.807) is 18.9 Å². The third-order valence-electron chi connectivity index (χ3n) is 2.63. The summed E-state index contributed by atoms with van der Waals surface area (Å²) in [4.78, 5) is 11.7. The maximum absolute atomic E-state index is 11.7. The average molecular weight is 223 g/mol. The molecular formula is C11H13NO2S. The summed E-state index contributed by atoms with van der Waals surface area (Å²) < 4.78 is 5.23. The van der Waals surface area contributed by atoms with Crippen molar-refractivity contribution in [3.63, 3.8) is 0 Å². The lowest BCUT2D eigenvalue weighted by Crippen LogP contribution is -2.08. The summed E-state index contributed by atoms with van der Waals surface area (Å²) >= 11 is 1.55. The van der Waals surface area contributed by atoms with Crippen LogP contribution in [-0.2, 0) is 4.79 Å². The van der Waals surface area contributed by atoms with Crippen LogP contribution in [0.3, 0.4) is 0 Å². The molecule has 1 aromatic carbocycles. The molecule has 1 amide bonds. The van der Waals surface area contributed by atoms with E-state index in [4.69, 9.17) is 4.74 Å². The van der Waals surface area contributed by atoms with Crippen LogP contribution < -0.4 is 10.1 Å². The van der Waals surface area contributed by atoms with Crippen LogP contribution in [0.4, 0.5) is 5.69 Å². The van der Waals surface area contributed by atoms with Crippen molar-refractivity contribution in [2.45, 2.75) is 12.2 Å². The van der Waals surface area contributed by atoms with Gasteiger partial charge in [-0.1, -0.05) is 6.07 Å². The van der Waals surface area contributed by atoms with Gasteiger partial charge in [-0.25, -0.2) is 0 Å². The number of nitrogens with one attached hydrogen (secondary N) is 1. The Morgan fingerprint density at radius 1 is 1.47 bits per heavy atom. The summed E-state index contributed by atoms with van der Waals surface area (Å²) in [5.41, 5.74) is 3.03. The molecule has 0 spiro atoms. The molecule has 1 aliphatic rings. The number of hydrogen-bond donors (Lipinski definition) is 1. The second-order valence-corrected chi connectivity index (χ2v) is 4.42. The molecule has 0 aromatic heterocycles. The number of carbonyl (C=O) groups excluding carboxylic acids is 1. The Morgan fingerprint density at radius 2 is 2.20 bits per heavy atom. The predicted molar refractivity (Wildman–Crippen MR) is 62.6 cm³/mol. The summed E-state index contributed by atoms with van der Waals surface area (Å²) in [5, 5.41) is 2.77. The number of benzene rings is 1. The maximum atomic E-state index is 11.7. The van der Waals surface area contributed by atoms with Gasteiger partial charge in [0.2, 0.25) is 5.91 Å². The van der Waals surface area contributed by atoms with E-state index in [-0.39, 0.29) is 11.2 Å². The summed E-state index contributed by atoms with van der Waals surface area (Å²) in [5.74, 6) is 0.783. The first kappa shape index (κ1) is 10.4. The minimum Gasteiger partial charge on any atom is -0.495 e. The fourth-order valence-electron chi connectivity index (χ4n) is 1.89. The smallest absolute Gasteiger partial charge is 0.242 e. The molecule has 4 heteroatoms. The largest absolute Gasteiger partial charge is 0.495 e. The van der Waals surface area contributed by atoms with Crippen molar-refractivity contribution < 1.29 is 9.53 Å². The molecular weight excluding hydrogens is 210 g/mol. The minimum atomic E-state index is -0.102. The van der Waals surface area contributed by atoms with Crippen LogP contribution in [-0.4, -0.2) is 19.3 Å². The number of fused-ring (bicyclic) bond motifs is 1. The number of thioether (sulfide) groups is 1. The molecule has 15 heavy (non-hydrogen) atoms. The second-order valence-electron chi connectivity index (χ2n) is 3.48. The molecule has 1 aromatic rings. The summed E-state index contributed by atoms with van der Waals surface area (Å²) in [6, 6.07) is 3.87. The summed E-state index contributed by atoms with van der Waals surface area (Å²) in [7, 11) is 1.61. The lowest BCUT2D eigenvalue weighted by Gasteiger charge is -2.10. The van der Waals surface area contributed by atoms with Gasteiger partial charge in [-0.15, -0.1) is 11.8 Å². The third-order valence-corrected chi connectivity index (χ3v) is 3.55. The molecule has 1 N–H and O–H groups in total. The zero-order chi connectivity index (χ0) is 11.0. The van der Waals surface area contributed by atoms with Gasteiger partial charge in [-0.05, 0) is 24.8 Å². The van der Waals surface area contributed by atoms with Crippen molar-refractivity contribution in [2.75, 3.05) is 18.7 Å². The first-order valence-electron chi connectivity index (χ1n) is 4.70. The lowest BCUT2D eigenvalue weighted by atomic mass is 10.1. The van der Waals surface area contributed by atoms with Gasteiger partial charge in [0.1, 0.15) is 11.0 Å². The van der Waals surface area contributed by atoms with Crippen LogP contribution in [0.5, 0.6) is 5.75 Å². The van der Waals surface area contributed by atoms with Crippen molar-refractivity contribution in [1.29, 1.82) is 0 Å². The van der Waals surface area contributed by atoms with Crippen molar-refractivity contribution in [1.82, 2.24) is 0 Å². The SMILES string of the molecule is COc1ccc(C)c2c1NC(=O)C2SC. The van der Waals surface area contributed by atoms with Crippen LogP contribution in [0.15, 0.2) is 12.1 Å². The maximum Gasteiger partial charge on any atom is 0.242 e. The van der Waals surface area contributed by atoms with Gasteiger partial charge in [0.25, 0.3) is 0 Å². The summed E-state index contributed by atoms with van der Waals surface area (Å²) in [6.45, 7) is 2.02. The highest BCUT2D eigenvalue weighted by molar-refractivity contribution is 7.99. The van der Waals surface area contributed by atoms with Crippen LogP contribution in [0.1, 0.15) is 16.4 Å². The first-order chi connectivity index (χ1) is 7.19. The topological polar surface area (TPSA) is 38.3 Å². The Balaban J connectivity index is 2.60. The van der Waals surface area contributed by atoms with Gasteiger partial charge in [-0.2, -0.15) is 0 Å². The van der Waals surface area contributed by atoms with E-state index in [0.717, 1.165) is 22.6 Å². The first-order valence-corrected chi connectivity index (χ1v) is 5.99. The molecule has 0 aliphatic carbocycles. The van der Waals surface area contributed by atoms with Crippen LogP contribution >= 0.6 is 11.8 Å². The van der Waals surface area contributed by atoms with Gasteiger partial charge in [0.15, 0.2) is 0 Å². The predicted octanol–water partition coefficient (Wildman–Crippen LogP) is 2.36. The van der Waals surface area contributed by atoms with E-state index < -0.39 is 0 Å². The number of carbonyl (C=O) groups is 1. The molecule has 1 aliphatic heterocycles.